The van der Waals surface area contributed by atoms with Crippen LogP contribution in [-0.4, -0.2) is 56.2 Å². The van der Waals surface area contributed by atoms with Crippen LogP contribution in [0.3, 0.4) is 0 Å². The van der Waals surface area contributed by atoms with E-state index in [1.807, 2.05) is 13.8 Å². The van der Waals surface area contributed by atoms with Crippen molar-refractivity contribution >= 4 is 0 Å². The van der Waals surface area contributed by atoms with Crippen molar-refractivity contribution < 1.29 is 4.74 Å². The highest BCUT2D eigenvalue weighted by molar-refractivity contribution is 5.11. The minimum absolute atomic E-state index is 0.0521. The molecule has 2 aromatic heterocycles. The standard InChI is InChI=1S/C18H30N6O/c1-6-25-12-17-19-18(15(4)23-14(3)11-13(2)20-23)24(21-17)16-7-9-22(5)10-8-16/h11,15-16H,6-10,12H2,1-5H3. The van der Waals surface area contributed by atoms with Crippen molar-refractivity contribution in [2.45, 2.75) is 59.2 Å². The smallest absolute Gasteiger partial charge is 0.176 e. The number of hydrogen-bond donors (Lipinski definition) is 0. The molecule has 1 unspecified atom stereocenters. The minimum atomic E-state index is 0.0521. The monoisotopic (exact) mass is 346 g/mol. The quantitative estimate of drug-likeness (QED) is 0.804. The first kappa shape index (κ1) is 18.1. The van der Waals surface area contributed by atoms with Gasteiger partial charge in [0.25, 0.3) is 0 Å². The van der Waals surface area contributed by atoms with Crippen molar-refractivity contribution in [1.82, 2.24) is 29.4 Å². The summed E-state index contributed by atoms with van der Waals surface area (Å²) >= 11 is 0. The second-order valence-electron chi connectivity index (χ2n) is 7.05. The van der Waals surface area contributed by atoms with Crippen molar-refractivity contribution in [3.63, 3.8) is 0 Å². The van der Waals surface area contributed by atoms with Crippen molar-refractivity contribution in [1.29, 1.82) is 0 Å². The Morgan fingerprint density at radius 1 is 1.24 bits per heavy atom. The number of rotatable bonds is 6. The van der Waals surface area contributed by atoms with E-state index in [0.29, 0.717) is 19.3 Å². The summed E-state index contributed by atoms with van der Waals surface area (Å²) in [6.45, 7) is 11.6. The second kappa shape index (κ2) is 7.66. The number of aromatic nitrogens is 5. The van der Waals surface area contributed by atoms with Crippen LogP contribution >= 0.6 is 0 Å². The van der Waals surface area contributed by atoms with Gasteiger partial charge >= 0.3 is 0 Å². The van der Waals surface area contributed by atoms with Gasteiger partial charge in [-0.15, -0.1) is 0 Å². The van der Waals surface area contributed by atoms with Gasteiger partial charge in [0.15, 0.2) is 11.6 Å². The van der Waals surface area contributed by atoms with E-state index in [0.717, 1.165) is 49.0 Å². The first-order valence-electron chi connectivity index (χ1n) is 9.24. The Morgan fingerprint density at radius 2 is 1.96 bits per heavy atom. The van der Waals surface area contributed by atoms with Crippen LogP contribution in [0.25, 0.3) is 0 Å². The van der Waals surface area contributed by atoms with E-state index in [9.17, 15) is 0 Å². The molecule has 3 rings (SSSR count). The number of likely N-dealkylation sites (tertiary alicyclic amines) is 1. The van der Waals surface area contributed by atoms with E-state index in [4.69, 9.17) is 14.8 Å². The summed E-state index contributed by atoms with van der Waals surface area (Å²) in [4.78, 5) is 7.19. The highest BCUT2D eigenvalue weighted by Crippen LogP contribution is 2.27. The molecule has 0 bridgehead atoms. The molecule has 1 atom stereocenters. The Labute approximate surface area is 150 Å². The zero-order chi connectivity index (χ0) is 18.0. The lowest BCUT2D eigenvalue weighted by molar-refractivity contribution is 0.127. The summed E-state index contributed by atoms with van der Waals surface area (Å²) in [5.41, 5.74) is 2.18. The fourth-order valence-electron chi connectivity index (χ4n) is 3.58. The number of ether oxygens (including phenoxy) is 1. The summed E-state index contributed by atoms with van der Waals surface area (Å²) in [6.07, 6.45) is 2.20. The van der Waals surface area contributed by atoms with Gasteiger partial charge in [0, 0.05) is 12.3 Å². The molecule has 1 fully saturated rings. The zero-order valence-corrected chi connectivity index (χ0v) is 16.1. The highest BCUT2D eigenvalue weighted by atomic mass is 16.5. The second-order valence-corrected chi connectivity index (χ2v) is 7.05. The molecule has 1 aliphatic heterocycles. The van der Waals surface area contributed by atoms with Crippen molar-refractivity contribution in [2.24, 2.45) is 0 Å². The fourth-order valence-corrected chi connectivity index (χ4v) is 3.58. The molecule has 7 nitrogen and oxygen atoms in total. The number of hydrogen-bond acceptors (Lipinski definition) is 5. The van der Waals surface area contributed by atoms with Crippen LogP contribution in [-0.2, 0) is 11.3 Å². The first-order valence-corrected chi connectivity index (χ1v) is 9.24. The first-order chi connectivity index (χ1) is 12.0. The Morgan fingerprint density at radius 3 is 2.56 bits per heavy atom. The number of piperidine rings is 1. The molecule has 3 heterocycles. The maximum Gasteiger partial charge on any atom is 0.176 e. The Kier molecular flexibility index (Phi) is 5.54. The molecule has 0 aromatic carbocycles. The lowest BCUT2D eigenvalue weighted by atomic mass is 10.1. The average molecular weight is 346 g/mol. The van der Waals surface area contributed by atoms with E-state index in [2.05, 4.69) is 46.3 Å². The molecule has 7 heteroatoms. The summed E-state index contributed by atoms with van der Waals surface area (Å²) < 4.78 is 9.73. The summed E-state index contributed by atoms with van der Waals surface area (Å²) in [7, 11) is 2.18. The van der Waals surface area contributed by atoms with Crippen LogP contribution < -0.4 is 0 Å². The average Bonchev–Trinajstić information content (AvgIpc) is 3.16. The number of nitrogens with zero attached hydrogens (tertiary/aromatic N) is 6. The molecule has 0 aliphatic carbocycles. The Hall–Kier alpha value is -1.73. The SMILES string of the molecule is CCOCc1nc(C(C)n2nc(C)cc2C)n(C2CCN(C)CC2)n1. The summed E-state index contributed by atoms with van der Waals surface area (Å²) in [5.74, 6) is 1.75. The van der Waals surface area contributed by atoms with E-state index in [-0.39, 0.29) is 6.04 Å². The van der Waals surface area contributed by atoms with Crippen LogP contribution in [0.2, 0.25) is 0 Å². The molecule has 0 radical (unpaired) electrons. The largest absolute Gasteiger partial charge is 0.374 e. The normalized spacial score (nSPS) is 18.0. The van der Waals surface area contributed by atoms with Crippen LogP contribution in [0.4, 0.5) is 0 Å². The molecule has 0 saturated carbocycles. The molecule has 25 heavy (non-hydrogen) atoms. The van der Waals surface area contributed by atoms with E-state index >= 15 is 0 Å². The lowest BCUT2D eigenvalue weighted by Gasteiger charge is -2.30. The van der Waals surface area contributed by atoms with Gasteiger partial charge < -0.3 is 9.64 Å². The third kappa shape index (κ3) is 3.93. The molecule has 138 valence electrons. The predicted molar refractivity (Wildman–Crippen MR) is 96.6 cm³/mol. The topological polar surface area (TPSA) is 61.0 Å². The molecule has 1 saturated heterocycles. The Bertz CT molecular complexity index is 698. The van der Waals surface area contributed by atoms with Gasteiger partial charge in [0.05, 0.1) is 11.7 Å². The lowest BCUT2D eigenvalue weighted by Crippen LogP contribution is -2.33. The molecule has 2 aromatic rings. The molecular formula is C18H30N6O. The van der Waals surface area contributed by atoms with E-state index < -0.39 is 0 Å². The third-order valence-corrected chi connectivity index (χ3v) is 4.96. The van der Waals surface area contributed by atoms with E-state index in [1.165, 1.54) is 0 Å². The number of aryl methyl sites for hydroxylation is 2. The molecule has 1 aliphatic rings. The molecular weight excluding hydrogens is 316 g/mol. The van der Waals surface area contributed by atoms with Gasteiger partial charge in [0.1, 0.15) is 12.6 Å². The van der Waals surface area contributed by atoms with Gasteiger partial charge in [-0.05, 0) is 66.7 Å². The van der Waals surface area contributed by atoms with Gasteiger partial charge in [-0.3, -0.25) is 4.68 Å². The van der Waals surface area contributed by atoms with Crippen molar-refractivity contribution in [3.8, 4) is 0 Å². The molecule has 0 spiro atoms. The third-order valence-electron chi connectivity index (χ3n) is 4.96. The molecule has 0 N–H and O–H groups in total. The minimum Gasteiger partial charge on any atom is -0.374 e. The molecule has 0 amide bonds. The highest BCUT2D eigenvalue weighted by Gasteiger charge is 2.27. The van der Waals surface area contributed by atoms with Crippen LogP contribution in [0.15, 0.2) is 6.07 Å². The zero-order valence-electron chi connectivity index (χ0n) is 16.1. The van der Waals surface area contributed by atoms with Crippen molar-refractivity contribution in [3.05, 3.63) is 29.1 Å². The van der Waals surface area contributed by atoms with Crippen LogP contribution in [0, 0.1) is 13.8 Å². The van der Waals surface area contributed by atoms with Crippen LogP contribution in [0.1, 0.15) is 61.8 Å². The van der Waals surface area contributed by atoms with Crippen LogP contribution in [0.5, 0.6) is 0 Å². The predicted octanol–water partition coefficient (Wildman–Crippen LogP) is 2.50. The fraction of sp³-hybridized carbons (Fsp3) is 0.722. The summed E-state index contributed by atoms with van der Waals surface area (Å²) in [6, 6.07) is 2.55. The maximum atomic E-state index is 5.54. The van der Waals surface area contributed by atoms with Gasteiger partial charge in [-0.25, -0.2) is 9.67 Å². The van der Waals surface area contributed by atoms with Gasteiger partial charge in [-0.1, -0.05) is 0 Å². The van der Waals surface area contributed by atoms with Gasteiger partial charge in [0.2, 0.25) is 0 Å². The summed E-state index contributed by atoms with van der Waals surface area (Å²) in [5, 5.41) is 9.45. The van der Waals surface area contributed by atoms with Crippen molar-refractivity contribution in [2.75, 3.05) is 26.7 Å². The maximum absolute atomic E-state index is 5.54. The Balaban J connectivity index is 1.92. The van der Waals surface area contributed by atoms with Gasteiger partial charge in [-0.2, -0.15) is 10.2 Å². The van der Waals surface area contributed by atoms with E-state index in [1.54, 1.807) is 0 Å².